The summed E-state index contributed by atoms with van der Waals surface area (Å²) in [7, 11) is -3.86. The predicted molar refractivity (Wildman–Crippen MR) is 72.1 cm³/mol. The van der Waals surface area contributed by atoms with Crippen molar-refractivity contribution >= 4 is 27.8 Å². The second-order valence-corrected chi connectivity index (χ2v) is 6.52. The maximum absolute atomic E-state index is 11.9. The van der Waals surface area contributed by atoms with E-state index in [4.69, 9.17) is 11.8 Å². The van der Waals surface area contributed by atoms with Crippen molar-refractivity contribution in [1.82, 2.24) is 9.14 Å². The zero-order valence-electron chi connectivity index (χ0n) is 10.3. The molecule has 1 fully saturated rings. The first kappa shape index (κ1) is 14.1. The Balaban J connectivity index is 2.06. The molecule has 0 radical (unpaired) electrons. The maximum atomic E-state index is 11.9. The molecule has 1 N–H and O–H groups in total. The molecule has 7 heteroatoms. The molecule has 5 nitrogen and oxygen atoms in total. The number of rotatable bonds is 3. The standard InChI is InChI=1S/C12H15ClN2O3S/c13-15(10-6-4-5-7-10)12(16)14-19(17,18)11-8-2-1-3-9-11/h1-3,8-10H,4-7H2,(H,14,16). The molecule has 0 aliphatic heterocycles. The van der Waals surface area contributed by atoms with Crippen molar-refractivity contribution in [3.05, 3.63) is 30.3 Å². The smallest absolute Gasteiger partial charge is 0.246 e. The van der Waals surface area contributed by atoms with Crippen LogP contribution < -0.4 is 4.72 Å². The number of sulfonamides is 1. The van der Waals surface area contributed by atoms with Gasteiger partial charge in [0.25, 0.3) is 10.0 Å². The van der Waals surface area contributed by atoms with Crippen molar-refractivity contribution in [3.8, 4) is 0 Å². The van der Waals surface area contributed by atoms with Gasteiger partial charge in [0.1, 0.15) is 0 Å². The molecule has 0 aromatic heterocycles. The quantitative estimate of drug-likeness (QED) is 0.872. The Morgan fingerprint density at radius 1 is 1.21 bits per heavy atom. The summed E-state index contributed by atoms with van der Waals surface area (Å²) in [6.07, 6.45) is 3.63. The van der Waals surface area contributed by atoms with E-state index >= 15 is 0 Å². The molecule has 0 atom stereocenters. The summed E-state index contributed by atoms with van der Waals surface area (Å²) < 4.78 is 26.8. The molecule has 0 unspecified atom stereocenters. The van der Waals surface area contributed by atoms with Crippen LogP contribution in [0.4, 0.5) is 4.79 Å². The summed E-state index contributed by atoms with van der Waals surface area (Å²) in [5.41, 5.74) is 0. The van der Waals surface area contributed by atoms with Crippen LogP contribution in [0.5, 0.6) is 0 Å². The lowest BCUT2D eigenvalue weighted by molar-refractivity contribution is 0.219. The van der Waals surface area contributed by atoms with Crippen molar-refractivity contribution in [2.45, 2.75) is 36.6 Å². The molecule has 0 spiro atoms. The van der Waals surface area contributed by atoms with Crippen LogP contribution in [0.2, 0.25) is 0 Å². The highest BCUT2D eigenvalue weighted by molar-refractivity contribution is 7.90. The fourth-order valence-electron chi connectivity index (χ4n) is 2.11. The molecule has 19 heavy (non-hydrogen) atoms. The SMILES string of the molecule is O=C(NS(=O)(=O)c1ccccc1)N(Cl)C1CCCC1. The number of urea groups is 1. The van der Waals surface area contributed by atoms with Gasteiger partial charge in [-0.05, 0) is 25.0 Å². The zero-order chi connectivity index (χ0) is 13.9. The third-order valence-electron chi connectivity index (χ3n) is 3.11. The lowest BCUT2D eigenvalue weighted by Crippen LogP contribution is -2.41. The normalized spacial score (nSPS) is 16.3. The van der Waals surface area contributed by atoms with Crippen LogP contribution in [0, 0.1) is 0 Å². The third-order valence-corrected chi connectivity index (χ3v) is 4.88. The molecule has 104 valence electrons. The molecule has 0 saturated heterocycles. The van der Waals surface area contributed by atoms with Gasteiger partial charge in [-0.2, -0.15) is 0 Å². The highest BCUT2D eigenvalue weighted by Crippen LogP contribution is 2.25. The Hall–Kier alpha value is -1.27. The molecule has 2 amide bonds. The molecule has 0 bridgehead atoms. The number of hydrogen-bond acceptors (Lipinski definition) is 3. The Bertz CT molecular complexity index is 541. The van der Waals surface area contributed by atoms with Gasteiger partial charge in [0.05, 0.1) is 10.9 Å². The van der Waals surface area contributed by atoms with Crippen molar-refractivity contribution in [2.24, 2.45) is 0 Å². The number of carbonyl (C=O) groups is 1. The van der Waals surface area contributed by atoms with Gasteiger partial charge in [-0.25, -0.2) is 22.4 Å². The van der Waals surface area contributed by atoms with Crippen LogP contribution in [0.3, 0.4) is 0 Å². The lowest BCUT2D eigenvalue weighted by Gasteiger charge is -2.21. The Morgan fingerprint density at radius 2 is 1.79 bits per heavy atom. The highest BCUT2D eigenvalue weighted by Gasteiger charge is 2.28. The van der Waals surface area contributed by atoms with Gasteiger partial charge in [-0.1, -0.05) is 31.0 Å². The number of halogens is 1. The zero-order valence-corrected chi connectivity index (χ0v) is 11.8. The van der Waals surface area contributed by atoms with E-state index in [1.54, 1.807) is 18.2 Å². The van der Waals surface area contributed by atoms with Crippen molar-refractivity contribution in [1.29, 1.82) is 0 Å². The Kier molecular flexibility index (Phi) is 4.31. The van der Waals surface area contributed by atoms with Gasteiger partial charge in [0, 0.05) is 11.8 Å². The van der Waals surface area contributed by atoms with Crippen LogP contribution in [0.25, 0.3) is 0 Å². The van der Waals surface area contributed by atoms with E-state index in [9.17, 15) is 13.2 Å². The molecule has 1 aromatic rings. The Labute approximate surface area is 117 Å². The van der Waals surface area contributed by atoms with E-state index in [1.165, 1.54) is 12.1 Å². The number of nitrogens with one attached hydrogen (secondary N) is 1. The molecule has 1 aromatic carbocycles. The second kappa shape index (κ2) is 5.79. The minimum absolute atomic E-state index is 0.0415. The van der Waals surface area contributed by atoms with E-state index in [0.29, 0.717) is 0 Å². The van der Waals surface area contributed by atoms with Gasteiger partial charge in [-0.3, -0.25) is 0 Å². The minimum Gasteiger partial charge on any atom is -0.246 e. The van der Waals surface area contributed by atoms with Crippen molar-refractivity contribution in [2.75, 3.05) is 0 Å². The first-order chi connectivity index (χ1) is 9.00. The first-order valence-corrected chi connectivity index (χ1v) is 7.89. The van der Waals surface area contributed by atoms with Crippen molar-refractivity contribution in [3.63, 3.8) is 0 Å². The average molecular weight is 303 g/mol. The molecule has 1 saturated carbocycles. The van der Waals surface area contributed by atoms with E-state index in [2.05, 4.69) is 0 Å². The van der Waals surface area contributed by atoms with Gasteiger partial charge in [-0.15, -0.1) is 0 Å². The molecule has 1 aliphatic rings. The van der Waals surface area contributed by atoms with Crippen LogP contribution in [-0.4, -0.2) is 24.9 Å². The minimum atomic E-state index is -3.86. The number of hydrogen-bond donors (Lipinski definition) is 1. The number of nitrogens with zero attached hydrogens (tertiary/aromatic N) is 1. The lowest BCUT2D eigenvalue weighted by atomic mass is 10.3. The monoisotopic (exact) mass is 302 g/mol. The molecular weight excluding hydrogens is 288 g/mol. The van der Waals surface area contributed by atoms with Gasteiger partial charge in [0.15, 0.2) is 0 Å². The fourth-order valence-corrected chi connectivity index (χ4v) is 3.36. The van der Waals surface area contributed by atoms with E-state index in [0.717, 1.165) is 30.1 Å². The average Bonchev–Trinajstić information content (AvgIpc) is 2.92. The third kappa shape index (κ3) is 3.39. The van der Waals surface area contributed by atoms with Crippen LogP contribution in [0.1, 0.15) is 25.7 Å². The van der Waals surface area contributed by atoms with E-state index in [1.807, 2.05) is 4.72 Å². The van der Waals surface area contributed by atoms with Gasteiger partial charge >= 0.3 is 6.03 Å². The fraction of sp³-hybridized carbons (Fsp3) is 0.417. The van der Waals surface area contributed by atoms with Crippen LogP contribution >= 0.6 is 11.8 Å². The van der Waals surface area contributed by atoms with Gasteiger partial charge < -0.3 is 0 Å². The molecular formula is C12H15ClN2O3S. The van der Waals surface area contributed by atoms with Crippen molar-refractivity contribution < 1.29 is 13.2 Å². The summed E-state index contributed by atoms with van der Waals surface area (Å²) in [5, 5.41) is 0. The van der Waals surface area contributed by atoms with E-state index in [-0.39, 0.29) is 10.9 Å². The topological polar surface area (TPSA) is 66.5 Å². The summed E-state index contributed by atoms with van der Waals surface area (Å²) in [6.45, 7) is 0. The van der Waals surface area contributed by atoms with Crippen LogP contribution in [-0.2, 0) is 10.0 Å². The highest BCUT2D eigenvalue weighted by atomic mass is 35.5. The molecule has 1 aliphatic carbocycles. The van der Waals surface area contributed by atoms with Gasteiger partial charge in [0.2, 0.25) is 0 Å². The maximum Gasteiger partial charge on any atom is 0.346 e. The summed E-state index contributed by atoms with van der Waals surface area (Å²) in [4.78, 5) is 11.9. The summed E-state index contributed by atoms with van der Waals surface area (Å²) in [6, 6.07) is 6.84. The number of amides is 2. The van der Waals surface area contributed by atoms with Crippen LogP contribution in [0.15, 0.2) is 35.2 Å². The molecule has 0 heterocycles. The summed E-state index contributed by atoms with van der Waals surface area (Å²) >= 11 is 5.89. The number of benzene rings is 1. The second-order valence-electron chi connectivity index (χ2n) is 4.47. The van der Waals surface area contributed by atoms with E-state index < -0.39 is 16.1 Å². The molecule has 2 rings (SSSR count). The number of carbonyl (C=O) groups excluding carboxylic acids is 1. The largest absolute Gasteiger partial charge is 0.346 e. The summed E-state index contributed by atoms with van der Waals surface area (Å²) in [5.74, 6) is 0. The predicted octanol–water partition coefficient (Wildman–Crippen LogP) is 2.48. The first-order valence-electron chi connectivity index (χ1n) is 6.07. The Morgan fingerprint density at radius 3 is 2.37 bits per heavy atom.